The first kappa shape index (κ1) is 17.2. The Morgan fingerprint density at radius 2 is 1.90 bits per heavy atom. The maximum atomic E-state index is 12.9. The van der Waals surface area contributed by atoms with Gasteiger partial charge in [0.2, 0.25) is 10.0 Å². The molecule has 1 aromatic rings. The van der Waals surface area contributed by atoms with Crippen LogP contribution in [0.4, 0.5) is 23.2 Å². The molecule has 5 nitrogen and oxygen atoms in total. The van der Waals surface area contributed by atoms with Crippen LogP contribution in [0.2, 0.25) is 0 Å². The molecule has 0 saturated heterocycles. The van der Waals surface area contributed by atoms with Crippen LogP contribution in [0.3, 0.4) is 0 Å². The summed E-state index contributed by atoms with van der Waals surface area (Å²) < 4.78 is 73.7. The smallest absolute Gasteiger partial charge is 0.389 e. The minimum atomic E-state index is -4.47. The van der Waals surface area contributed by atoms with E-state index in [0.29, 0.717) is 6.07 Å². The molecule has 0 heterocycles. The number of rotatable bonds is 6. The molecule has 0 aliphatic heterocycles. The number of nitrogens with one attached hydrogen (secondary N) is 1. The molecular weight excluding hydrogens is 318 g/mol. The zero-order valence-corrected chi connectivity index (χ0v) is 11.3. The van der Waals surface area contributed by atoms with E-state index >= 15 is 0 Å². The Morgan fingerprint density at radius 1 is 1.29 bits per heavy atom. The molecule has 0 bridgehead atoms. The van der Waals surface area contributed by atoms with Gasteiger partial charge in [-0.05, 0) is 24.6 Å². The lowest BCUT2D eigenvalue weighted by molar-refractivity contribution is -0.134. The summed E-state index contributed by atoms with van der Waals surface area (Å²) in [6, 6.07) is 2.33. The van der Waals surface area contributed by atoms with Crippen molar-refractivity contribution in [3.63, 3.8) is 0 Å². The molecule has 0 aliphatic rings. The quantitative estimate of drug-likeness (QED) is 0.786. The van der Waals surface area contributed by atoms with Gasteiger partial charge in [0.05, 0.1) is 17.0 Å². The Kier molecular flexibility index (Phi) is 5.15. The molecular formula is C11H11F4NO4S. The summed E-state index contributed by atoms with van der Waals surface area (Å²) in [6.07, 6.45) is -6.41. The van der Waals surface area contributed by atoms with E-state index in [4.69, 9.17) is 5.11 Å². The van der Waals surface area contributed by atoms with Crippen LogP contribution in [0.15, 0.2) is 18.2 Å². The molecule has 0 fully saturated rings. The number of carbonyl (C=O) groups is 1. The molecule has 1 rings (SSSR count). The monoisotopic (exact) mass is 329 g/mol. The Bertz CT molecular complexity index is 628. The lowest BCUT2D eigenvalue weighted by atomic mass is 10.2. The second kappa shape index (κ2) is 6.29. The molecule has 10 heteroatoms. The van der Waals surface area contributed by atoms with E-state index in [1.54, 1.807) is 0 Å². The Morgan fingerprint density at radius 3 is 2.43 bits per heavy atom. The van der Waals surface area contributed by atoms with Crippen LogP contribution in [0, 0.1) is 5.82 Å². The van der Waals surface area contributed by atoms with Gasteiger partial charge in [-0.25, -0.2) is 17.6 Å². The molecule has 118 valence electrons. The fraction of sp³-hybridized carbons (Fsp3) is 0.364. The van der Waals surface area contributed by atoms with E-state index in [2.05, 4.69) is 0 Å². The van der Waals surface area contributed by atoms with Crippen molar-refractivity contribution in [2.45, 2.75) is 19.0 Å². The summed E-state index contributed by atoms with van der Waals surface area (Å²) in [5, 5.41) is 8.82. The number of carboxylic acids is 1. The van der Waals surface area contributed by atoms with Gasteiger partial charge in [0.15, 0.2) is 0 Å². The van der Waals surface area contributed by atoms with Crippen molar-refractivity contribution in [3.05, 3.63) is 29.6 Å². The number of hydrogen-bond acceptors (Lipinski definition) is 3. The predicted octanol–water partition coefficient (Wildman–Crippen LogP) is 2.61. The third kappa shape index (κ3) is 5.98. The SMILES string of the molecule is O=C(O)c1cc(F)ccc1NS(=O)(=O)CCCC(F)(F)F. The molecule has 0 aliphatic carbocycles. The summed E-state index contributed by atoms with van der Waals surface area (Å²) in [7, 11) is -4.16. The minimum Gasteiger partial charge on any atom is -0.478 e. The maximum absolute atomic E-state index is 12.9. The van der Waals surface area contributed by atoms with Crippen molar-refractivity contribution in [1.29, 1.82) is 0 Å². The molecule has 0 spiro atoms. The summed E-state index contributed by atoms with van der Waals surface area (Å²) in [5.74, 6) is -3.28. The lowest BCUT2D eigenvalue weighted by Crippen LogP contribution is -2.20. The number of alkyl halides is 3. The number of benzene rings is 1. The van der Waals surface area contributed by atoms with Crippen molar-refractivity contribution in [1.82, 2.24) is 0 Å². The first-order valence-corrected chi connectivity index (χ1v) is 7.25. The van der Waals surface area contributed by atoms with E-state index in [-0.39, 0.29) is 0 Å². The first-order valence-electron chi connectivity index (χ1n) is 5.60. The van der Waals surface area contributed by atoms with Gasteiger partial charge in [0.1, 0.15) is 5.82 Å². The highest BCUT2D eigenvalue weighted by atomic mass is 32.2. The number of sulfonamides is 1. The van der Waals surface area contributed by atoms with Crippen LogP contribution in [0.1, 0.15) is 23.2 Å². The minimum absolute atomic E-state index is 0.407. The highest BCUT2D eigenvalue weighted by Gasteiger charge is 2.27. The number of anilines is 1. The van der Waals surface area contributed by atoms with Gasteiger partial charge in [0.25, 0.3) is 0 Å². The molecule has 0 radical (unpaired) electrons. The highest BCUT2D eigenvalue weighted by Crippen LogP contribution is 2.23. The van der Waals surface area contributed by atoms with E-state index in [9.17, 15) is 30.8 Å². The van der Waals surface area contributed by atoms with E-state index < -0.39 is 57.8 Å². The zero-order valence-electron chi connectivity index (χ0n) is 10.4. The second-order valence-electron chi connectivity index (χ2n) is 4.13. The molecule has 0 amide bonds. The normalized spacial score (nSPS) is 12.2. The Labute approximate surface area is 117 Å². The van der Waals surface area contributed by atoms with Crippen LogP contribution in [0.25, 0.3) is 0 Å². The number of aromatic carboxylic acids is 1. The van der Waals surface area contributed by atoms with Crippen LogP contribution < -0.4 is 4.72 Å². The van der Waals surface area contributed by atoms with Crippen molar-refractivity contribution in [2.75, 3.05) is 10.5 Å². The lowest BCUT2D eigenvalue weighted by Gasteiger charge is -2.11. The Balaban J connectivity index is 2.83. The van der Waals surface area contributed by atoms with Crippen LogP contribution >= 0.6 is 0 Å². The van der Waals surface area contributed by atoms with Crippen LogP contribution in [-0.2, 0) is 10.0 Å². The van der Waals surface area contributed by atoms with Gasteiger partial charge in [0, 0.05) is 6.42 Å². The third-order valence-corrected chi connectivity index (χ3v) is 3.71. The molecule has 0 saturated carbocycles. The number of carboxylic acid groups (broad SMARTS) is 1. The fourth-order valence-electron chi connectivity index (χ4n) is 1.46. The fourth-order valence-corrected chi connectivity index (χ4v) is 2.60. The van der Waals surface area contributed by atoms with Crippen LogP contribution in [-0.4, -0.2) is 31.4 Å². The summed E-state index contributed by atoms with van der Waals surface area (Å²) in [4.78, 5) is 10.9. The van der Waals surface area contributed by atoms with Gasteiger partial charge < -0.3 is 5.11 Å². The number of halogens is 4. The van der Waals surface area contributed by atoms with E-state index in [0.717, 1.165) is 12.1 Å². The molecule has 2 N–H and O–H groups in total. The predicted molar refractivity (Wildman–Crippen MR) is 66.1 cm³/mol. The van der Waals surface area contributed by atoms with Crippen molar-refractivity contribution >= 4 is 21.7 Å². The zero-order chi connectivity index (χ0) is 16.3. The largest absolute Gasteiger partial charge is 0.478 e. The average molecular weight is 329 g/mol. The molecule has 0 atom stereocenters. The van der Waals surface area contributed by atoms with Gasteiger partial charge >= 0.3 is 12.1 Å². The van der Waals surface area contributed by atoms with Gasteiger partial charge in [-0.2, -0.15) is 13.2 Å². The molecule has 1 aromatic carbocycles. The maximum Gasteiger partial charge on any atom is 0.389 e. The molecule has 0 unspecified atom stereocenters. The summed E-state index contributed by atoms with van der Waals surface area (Å²) in [6.45, 7) is 0. The van der Waals surface area contributed by atoms with Gasteiger partial charge in [-0.3, -0.25) is 4.72 Å². The second-order valence-corrected chi connectivity index (χ2v) is 5.98. The third-order valence-electron chi connectivity index (χ3n) is 2.35. The van der Waals surface area contributed by atoms with Crippen LogP contribution in [0.5, 0.6) is 0 Å². The van der Waals surface area contributed by atoms with Gasteiger partial charge in [-0.15, -0.1) is 0 Å². The van der Waals surface area contributed by atoms with Crippen molar-refractivity contribution in [3.8, 4) is 0 Å². The summed E-state index contributed by atoms with van der Waals surface area (Å²) in [5.41, 5.74) is -1.04. The first-order chi connectivity index (χ1) is 9.50. The standard InChI is InChI=1S/C11H11F4NO4S/c12-7-2-3-9(8(6-7)10(17)18)16-21(19,20)5-1-4-11(13,14)15/h2-3,6,16H,1,4-5H2,(H,17,18). The highest BCUT2D eigenvalue weighted by molar-refractivity contribution is 7.92. The molecule has 0 aromatic heterocycles. The van der Waals surface area contributed by atoms with Crippen molar-refractivity contribution in [2.24, 2.45) is 0 Å². The Hall–Kier alpha value is -1.84. The van der Waals surface area contributed by atoms with Gasteiger partial charge in [-0.1, -0.05) is 0 Å². The number of hydrogen-bond donors (Lipinski definition) is 2. The average Bonchev–Trinajstić information content (AvgIpc) is 2.28. The summed E-state index contributed by atoms with van der Waals surface area (Å²) >= 11 is 0. The molecule has 21 heavy (non-hydrogen) atoms. The van der Waals surface area contributed by atoms with Crippen molar-refractivity contribution < 1.29 is 35.9 Å². The van der Waals surface area contributed by atoms with E-state index in [1.165, 1.54) is 0 Å². The van der Waals surface area contributed by atoms with E-state index in [1.807, 2.05) is 4.72 Å². The topological polar surface area (TPSA) is 83.5 Å².